The van der Waals surface area contributed by atoms with E-state index < -0.39 is 41.2 Å². The molecule has 0 radical (unpaired) electrons. The molecule has 2 aromatic rings. The zero-order valence-electron chi connectivity index (χ0n) is 17.7. The van der Waals surface area contributed by atoms with Crippen LogP contribution >= 0.6 is 12.6 Å². The van der Waals surface area contributed by atoms with E-state index in [2.05, 4.69) is 23.3 Å². The number of carboxylic acid groups (broad SMARTS) is 1. The molecule has 0 heterocycles. The molecular formula is C24H28N2O5S. The number of aliphatic hydroxyl groups is 1. The molecule has 0 saturated heterocycles. The first-order chi connectivity index (χ1) is 15.3. The molecule has 4 N–H and O–H groups in total. The highest BCUT2D eigenvalue weighted by Crippen LogP contribution is 2.30. The molecule has 32 heavy (non-hydrogen) atoms. The van der Waals surface area contributed by atoms with Crippen molar-refractivity contribution in [3.05, 3.63) is 60.2 Å². The Morgan fingerprint density at radius 1 is 0.969 bits per heavy atom. The molecule has 0 spiro atoms. The van der Waals surface area contributed by atoms with Crippen LogP contribution in [0.15, 0.2) is 54.6 Å². The number of aliphatic carboxylic acids is 1. The van der Waals surface area contributed by atoms with Gasteiger partial charge in [0.25, 0.3) is 0 Å². The molecule has 0 bridgehead atoms. The zero-order valence-corrected chi connectivity index (χ0v) is 18.6. The molecule has 1 saturated carbocycles. The summed E-state index contributed by atoms with van der Waals surface area (Å²) in [6, 6.07) is 16.3. The van der Waals surface area contributed by atoms with Crippen molar-refractivity contribution in [1.29, 1.82) is 0 Å². The van der Waals surface area contributed by atoms with Crippen LogP contribution in [0.4, 0.5) is 0 Å². The van der Waals surface area contributed by atoms with E-state index in [1.165, 1.54) is 0 Å². The van der Waals surface area contributed by atoms with Gasteiger partial charge in [-0.3, -0.25) is 9.59 Å². The third kappa shape index (κ3) is 5.69. The predicted molar refractivity (Wildman–Crippen MR) is 124 cm³/mol. The van der Waals surface area contributed by atoms with Crippen LogP contribution in [0.25, 0.3) is 11.1 Å². The fourth-order valence-electron chi connectivity index (χ4n) is 3.99. The molecule has 2 atom stereocenters. The second-order valence-corrected chi connectivity index (χ2v) is 8.73. The van der Waals surface area contributed by atoms with E-state index in [4.69, 9.17) is 5.11 Å². The fraction of sp³-hybridized carbons (Fsp3) is 0.375. The van der Waals surface area contributed by atoms with E-state index in [0.717, 1.165) is 29.5 Å². The van der Waals surface area contributed by atoms with Gasteiger partial charge in [0.2, 0.25) is 11.8 Å². The van der Waals surface area contributed by atoms with Crippen molar-refractivity contribution in [3.8, 4) is 11.1 Å². The minimum absolute atomic E-state index is 0.117. The minimum atomic E-state index is -1.18. The molecule has 7 nitrogen and oxygen atoms in total. The molecule has 1 unspecified atom stereocenters. The van der Waals surface area contributed by atoms with Crippen molar-refractivity contribution >= 4 is 30.4 Å². The maximum Gasteiger partial charge on any atom is 0.326 e. The van der Waals surface area contributed by atoms with Crippen LogP contribution in [-0.2, 0) is 20.8 Å². The first-order valence-electron chi connectivity index (χ1n) is 10.6. The number of amides is 2. The summed E-state index contributed by atoms with van der Waals surface area (Å²) in [6.45, 7) is -0.455. The molecule has 1 aliphatic carbocycles. The van der Waals surface area contributed by atoms with Gasteiger partial charge < -0.3 is 20.8 Å². The lowest BCUT2D eigenvalue weighted by molar-refractivity contribution is -0.143. The summed E-state index contributed by atoms with van der Waals surface area (Å²) in [5.74, 6) is -2.21. The molecule has 0 aliphatic heterocycles. The fourth-order valence-corrected chi connectivity index (χ4v) is 4.05. The standard InChI is InChI=1S/C24H28N2O5S/c27-15-20(32)21(28)26-24(12-4-5-13-24)23(31)25-19(22(29)30)14-16-8-10-18(11-9-16)17-6-2-1-3-7-17/h1-3,6-11,19-20,27,32H,4-5,12-15H2,(H,25,31)(H,26,28)(H,29,30)/t19?,20-/m1/s1. The Morgan fingerprint density at radius 2 is 1.56 bits per heavy atom. The lowest BCUT2D eigenvalue weighted by atomic mass is 9.94. The van der Waals surface area contributed by atoms with Gasteiger partial charge in [-0.25, -0.2) is 4.79 Å². The molecule has 1 aliphatic rings. The van der Waals surface area contributed by atoms with E-state index in [0.29, 0.717) is 12.8 Å². The molecule has 2 aromatic carbocycles. The smallest absolute Gasteiger partial charge is 0.326 e. The Morgan fingerprint density at radius 3 is 2.12 bits per heavy atom. The number of nitrogens with one attached hydrogen (secondary N) is 2. The Kier molecular flexibility index (Phi) is 7.93. The van der Waals surface area contributed by atoms with Crippen LogP contribution in [0.3, 0.4) is 0 Å². The Labute approximate surface area is 192 Å². The van der Waals surface area contributed by atoms with E-state index >= 15 is 0 Å². The number of carbonyl (C=O) groups excluding carboxylic acids is 2. The van der Waals surface area contributed by atoms with Gasteiger partial charge in [0.1, 0.15) is 16.8 Å². The van der Waals surface area contributed by atoms with Crippen LogP contribution in [-0.4, -0.2) is 51.4 Å². The third-order valence-electron chi connectivity index (χ3n) is 5.83. The van der Waals surface area contributed by atoms with E-state index in [1.807, 2.05) is 54.6 Å². The quantitative estimate of drug-likeness (QED) is 0.371. The summed E-state index contributed by atoms with van der Waals surface area (Å²) < 4.78 is 0. The summed E-state index contributed by atoms with van der Waals surface area (Å²) in [7, 11) is 0. The summed E-state index contributed by atoms with van der Waals surface area (Å²) >= 11 is 4.02. The van der Waals surface area contributed by atoms with Crippen molar-refractivity contribution in [2.24, 2.45) is 0 Å². The van der Waals surface area contributed by atoms with E-state index in [-0.39, 0.29) is 6.42 Å². The molecule has 3 rings (SSSR count). The minimum Gasteiger partial charge on any atom is -0.480 e. The number of aliphatic hydroxyl groups excluding tert-OH is 1. The molecular weight excluding hydrogens is 428 g/mol. The van der Waals surface area contributed by atoms with Gasteiger partial charge in [-0.2, -0.15) is 12.6 Å². The van der Waals surface area contributed by atoms with E-state index in [1.54, 1.807) is 0 Å². The Hall–Kier alpha value is -2.84. The maximum atomic E-state index is 13.1. The first kappa shape index (κ1) is 23.8. The molecule has 8 heteroatoms. The number of rotatable bonds is 9. The lowest BCUT2D eigenvalue weighted by Gasteiger charge is -2.31. The Balaban J connectivity index is 1.70. The maximum absolute atomic E-state index is 13.1. The number of thiol groups is 1. The second kappa shape index (κ2) is 10.7. The second-order valence-electron chi connectivity index (χ2n) is 8.11. The van der Waals surface area contributed by atoms with Crippen LogP contribution in [0, 0.1) is 0 Å². The lowest BCUT2D eigenvalue weighted by Crippen LogP contribution is -2.61. The van der Waals surface area contributed by atoms with Gasteiger partial charge in [-0.15, -0.1) is 0 Å². The predicted octanol–water partition coefficient (Wildman–Crippen LogP) is 2.19. The Bertz CT molecular complexity index is 943. The molecule has 1 fully saturated rings. The van der Waals surface area contributed by atoms with Crippen LogP contribution in [0.2, 0.25) is 0 Å². The van der Waals surface area contributed by atoms with Gasteiger partial charge in [-0.05, 0) is 29.5 Å². The van der Waals surface area contributed by atoms with Crippen molar-refractivity contribution in [3.63, 3.8) is 0 Å². The van der Waals surface area contributed by atoms with Gasteiger partial charge >= 0.3 is 5.97 Å². The van der Waals surface area contributed by atoms with Crippen molar-refractivity contribution in [1.82, 2.24) is 10.6 Å². The van der Waals surface area contributed by atoms with Gasteiger partial charge in [0.15, 0.2) is 0 Å². The van der Waals surface area contributed by atoms with Crippen LogP contribution < -0.4 is 10.6 Å². The van der Waals surface area contributed by atoms with Crippen LogP contribution in [0.1, 0.15) is 31.2 Å². The van der Waals surface area contributed by atoms with Gasteiger partial charge in [0, 0.05) is 6.42 Å². The van der Waals surface area contributed by atoms with Crippen molar-refractivity contribution in [2.45, 2.75) is 48.9 Å². The topological polar surface area (TPSA) is 116 Å². The van der Waals surface area contributed by atoms with Crippen molar-refractivity contribution in [2.75, 3.05) is 6.61 Å². The highest BCUT2D eigenvalue weighted by molar-refractivity contribution is 7.81. The van der Waals surface area contributed by atoms with Crippen molar-refractivity contribution < 1.29 is 24.6 Å². The van der Waals surface area contributed by atoms with Gasteiger partial charge in [-0.1, -0.05) is 67.4 Å². The molecule has 170 valence electrons. The number of benzene rings is 2. The summed E-state index contributed by atoms with van der Waals surface area (Å²) in [5, 5.41) is 23.2. The SMILES string of the molecule is O=C(O)C(Cc1ccc(-c2ccccc2)cc1)NC(=O)C1(NC(=O)[C@H](S)CO)CCCC1. The number of hydrogen-bond donors (Lipinski definition) is 5. The highest BCUT2D eigenvalue weighted by atomic mass is 32.1. The summed E-state index contributed by atoms with van der Waals surface area (Å²) in [6.07, 6.45) is 2.42. The van der Waals surface area contributed by atoms with Crippen LogP contribution in [0.5, 0.6) is 0 Å². The van der Waals surface area contributed by atoms with E-state index in [9.17, 15) is 19.5 Å². The number of hydrogen-bond acceptors (Lipinski definition) is 5. The number of carbonyl (C=O) groups is 3. The average Bonchev–Trinajstić information content (AvgIpc) is 3.28. The third-order valence-corrected chi connectivity index (χ3v) is 6.23. The normalized spacial score (nSPS) is 16.7. The average molecular weight is 457 g/mol. The molecule has 2 amide bonds. The monoisotopic (exact) mass is 456 g/mol. The zero-order chi connectivity index (χ0) is 23.1. The summed E-state index contributed by atoms with van der Waals surface area (Å²) in [4.78, 5) is 37.2. The molecule has 0 aromatic heterocycles. The number of carboxylic acids is 1. The summed E-state index contributed by atoms with van der Waals surface area (Å²) in [5.41, 5.74) is 1.67. The first-order valence-corrected chi connectivity index (χ1v) is 11.2. The van der Waals surface area contributed by atoms with Gasteiger partial charge in [0.05, 0.1) is 6.61 Å². The largest absolute Gasteiger partial charge is 0.480 e. The highest BCUT2D eigenvalue weighted by Gasteiger charge is 2.44.